The molecule has 3 heterocycles. The summed E-state index contributed by atoms with van der Waals surface area (Å²) in [6.45, 7) is 4.39. The molecule has 1 aromatic carbocycles. The van der Waals surface area contributed by atoms with Crippen molar-refractivity contribution in [2.24, 2.45) is 0 Å². The van der Waals surface area contributed by atoms with Crippen LogP contribution in [-0.4, -0.2) is 31.4 Å². The van der Waals surface area contributed by atoms with Gasteiger partial charge in [-0.05, 0) is 36.5 Å². The van der Waals surface area contributed by atoms with E-state index in [4.69, 9.17) is 0 Å². The summed E-state index contributed by atoms with van der Waals surface area (Å²) in [6.07, 6.45) is 1.87. The van der Waals surface area contributed by atoms with Crippen molar-refractivity contribution < 1.29 is 9.50 Å². The molecule has 0 saturated carbocycles. The Morgan fingerprint density at radius 3 is 2.83 bits per heavy atom. The van der Waals surface area contributed by atoms with Gasteiger partial charge in [0.2, 0.25) is 5.88 Å². The first-order valence-electron chi connectivity index (χ1n) is 9.53. The summed E-state index contributed by atoms with van der Waals surface area (Å²) in [4.78, 5) is 26.9. The number of aromatic amines is 2. The zero-order valence-electron chi connectivity index (χ0n) is 16.2. The molecule has 1 aliphatic rings. The molecule has 1 aliphatic heterocycles. The Bertz CT molecular complexity index is 1190. The van der Waals surface area contributed by atoms with Gasteiger partial charge in [-0.3, -0.25) is 4.79 Å². The second-order valence-corrected chi connectivity index (χ2v) is 7.50. The lowest BCUT2D eigenvalue weighted by atomic mass is 10.0. The summed E-state index contributed by atoms with van der Waals surface area (Å²) in [5.74, 6) is -1.06. The molecule has 8 nitrogen and oxygen atoms in total. The Balaban J connectivity index is 1.77. The van der Waals surface area contributed by atoms with E-state index >= 15 is 0 Å². The third-order valence-electron chi connectivity index (χ3n) is 5.16. The maximum absolute atomic E-state index is 14.5. The molecular formula is C20H22FN5O3. The van der Waals surface area contributed by atoms with Gasteiger partial charge in [-0.1, -0.05) is 19.9 Å². The van der Waals surface area contributed by atoms with Gasteiger partial charge in [-0.25, -0.2) is 18.9 Å². The predicted octanol–water partition coefficient (Wildman–Crippen LogP) is 2.17. The number of imidazole rings is 1. The number of hydrogen-bond acceptors (Lipinski definition) is 5. The van der Waals surface area contributed by atoms with Gasteiger partial charge in [0.15, 0.2) is 0 Å². The van der Waals surface area contributed by atoms with Gasteiger partial charge >= 0.3 is 5.69 Å². The van der Waals surface area contributed by atoms with E-state index in [2.05, 4.69) is 20.5 Å². The van der Waals surface area contributed by atoms with Crippen LogP contribution in [0, 0.1) is 5.82 Å². The van der Waals surface area contributed by atoms with Crippen molar-refractivity contribution >= 4 is 5.69 Å². The van der Waals surface area contributed by atoms with E-state index in [1.54, 1.807) is 6.07 Å². The molecule has 0 amide bonds. The van der Waals surface area contributed by atoms with E-state index in [9.17, 15) is 19.1 Å². The summed E-state index contributed by atoms with van der Waals surface area (Å²) in [5, 5.41) is 20.3. The van der Waals surface area contributed by atoms with Crippen LogP contribution in [0.1, 0.15) is 48.7 Å². The molecule has 152 valence electrons. The Morgan fingerprint density at radius 1 is 1.31 bits per heavy atom. The molecule has 9 heteroatoms. The summed E-state index contributed by atoms with van der Waals surface area (Å²) in [6, 6.07) is 4.36. The van der Waals surface area contributed by atoms with Crippen LogP contribution in [0.2, 0.25) is 0 Å². The summed E-state index contributed by atoms with van der Waals surface area (Å²) >= 11 is 0. The molecule has 3 aromatic rings. The standard InChI is InChI=1S/C20H22FN5O3/c1-10(2)16-19(28)26(20(29)23-16)15-9-11(5-6-13(15)21)8-14-17-12(4-3-7-22-17)18(27)25-24-14/h5-6,9-10,22,28H,3-4,7-8H2,1-2H3,(H,23,29)(H,25,27). The average Bonchev–Trinajstić information content (AvgIpc) is 3.00. The minimum absolute atomic E-state index is 0.0422. The van der Waals surface area contributed by atoms with Gasteiger partial charge in [0.25, 0.3) is 5.56 Å². The maximum atomic E-state index is 14.5. The number of aromatic hydroxyl groups is 1. The number of anilines is 1. The van der Waals surface area contributed by atoms with Crippen LogP contribution < -0.4 is 16.6 Å². The van der Waals surface area contributed by atoms with Crippen LogP contribution in [0.15, 0.2) is 27.8 Å². The summed E-state index contributed by atoms with van der Waals surface area (Å²) in [5.41, 5.74) is 2.21. The highest BCUT2D eigenvalue weighted by atomic mass is 19.1. The van der Waals surface area contributed by atoms with Crippen molar-refractivity contribution in [3.8, 4) is 11.6 Å². The van der Waals surface area contributed by atoms with Gasteiger partial charge in [-0.2, -0.15) is 5.10 Å². The van der Waals surface area contributed by atoms with Crippen LogP contribution in [0.5, 0.6) is 5.88 Å². The van der Waals surface area contributed by atoms with Gasteiger partial charge < -0.3 is 15.4 Å². The van der Waals surface area contributed by atoms with Crippen molar-refractivity contribution in [1.82, 2.24) is 19.7 Å². The van der Waals surface area contributed by atoms with E-state index in [-0.39, 0.29) is 23.0 Å². The smallest absolute Gasteiger partial charge is 0.333 e. The fourth-order valence-corrected chi connectivity index (χ4v) is 3.69. The topological polar surface area (TPSA) is 116 Å². The number of nitrogens with zero attached hydrogens (tertiary/aromatic N) is 2. The molecule has 0 aliphatic carbocycles. The predicted molar refractivity (Wildman–Crippen MR) is 107 cm³/mol. The SMILES string of the molecule is CC(C)c1[nH]c(=O)n(-c2cc(Cc3n[nH]c(=O)c4c3NCCC4)ccc2F)c1O. The highest BCUT2D eigenvalue weighted by Gasteiger charge is 2.21. The lowest BCUT2D eigenvalue weighted by molar-refractivity contribution is 0.428. The van der Waals surface area contributed by atoms with Gasteiger partial charge in [0.05, 0.1) is 22.8 Å². The fourth-order valence-electron chi connectivity index (χ4n) is 3.69. The molecular weight excluding hydrogens is 377 g/mol. The van der Waals surface area contributed by atoms with Gasteiger partial charge in [-0.15, -0.1) is 0 Å². The Labute approximate surface area is 165 Å². The third-order valence-corrected chi connectivity index (χ3v) is 5.16. The van der Waals surface area contributed by atoms with Crippen molar-refractivity contribution in [1.29, 1.82) is 0 Å². The number of H-pyrrole nitrogens is 2. The first kappa shape index (κ1) is 19.0. The number of aromatic nitrogens is 4. The van der Waals surface area contributed by atoms with Crippen molar-refractivity contribution in [2.75, 3.05) is 11.9 Å². The Hall–Kier alpha value is -3.36. The molecule has 4 N–H and O–H groups in total. The number of nitrogens with one attached hydrogen (secondary N) is 3. The first-order valence-corrected chi connectivity index (χ1v) is 9.53. The molecule has 2 aromatic heterocycles. The molecule has 0 radical (unpaired) electrons. The highest BCUT2D eigenvalue weighted by Crippen LogP contribution is 2.28. The first-order chi connectivity index (χ1) is 13.9. The van der Waals surface area contributed by atoms with Crippen LogP contribution in [0.3, 0.4) is 0 Å². The molecule has 0 fully saturated rings. The van der Waals surface area contributed by atoms with Gasteiger partial charge in [0, 0.05) is 18.5 Å². The molecule has 0 saturated heterocycles. The second kappa shape index (κ2) is 7.23. The number of benzene rings is 1. The Morgan fingerprint density at radius 2 is 2.10 bits per heavy atom. The minimum atomic E-state index is -0.630. The third kappa shape index (κ3) is 3.32. The van der Waals surface area contributed by atoms with Crippen LogP contribution in [-0.2, 0) is 12.8 Å². The van der Waals surface area contributed by atoms with Crippen LogP contribution in [0.4, 0.5) is 10.1 Å². The summed E-state index contributed by atoms with van der Waals surface area (Å²) < 4.78 is 15.5. The zero-order valence-corrected chi connectivity index (χ0v) is 16.2. The van der Waals surface area contributed by atoms with E-state index in [1.807, 2.05) is 13.8 Å². The second-order valence-electron chi connectivity index (χ2n) is 7.50. The molecule has 0 unspecified atom stereocenters. The number of hydrogen-bond donors (Lipinski definition) is 4. The van der Waals surface area contributed by atoms with E-state index < -0.39 is 11.5 Å². The van der Waals surface area contributed by atoms with E-state index in [1.165, 1.54) is 12.1 Å². The van der Waals surface area contributed by atoms with E-state index in [0.717, 1.165) is 23.2 Å². The lowest BCUT2D eigenvalue weighted by Gasteiger charge is -2.19. The fraction of sp³-hybridized carbons (Fsp3) is 0.350. The molecule has 4 rings (SSSR count). The molecule has 0 bridgehead atoms. The number of fused-ring (bicyclic) bond motifs is 1. The van der Waals surface area contributed by atoms with Crippen molar-refractivity contribution in [3.05, 3.63) is 67.4 Å². The van der Waals surface area contributed by atoms with E-state index in [0.29, 0.717) is 35.4 Å². The monoisotopic (exact) mass is 399 g/mol. The van der Waals surface area contributed by atoms with Crippen molar-refractivity contribution in [3.63, 3.8) is 0 Å². The number of halogens is 1. The quantitative estimate of drug-likeness (QED) is 0.537. The van der Waals surface area contributed by atoms with Crippen LogP contribution >= 0.6 is 0 Å². The highest BCUT2D eigenvalue weighted by molar-refractivity contribution is 5.57. The molecule has 0 spiro atoms. The molecule has 29 heavy (non-hydrogen) atoms. The van der Waals surface area contributed by atoms with Gasteiger partial charge in [0.1, 0.15) is 5.82 Å². The average molecular weight is 399 g/mol. The lowest BCUT2D eigenvalue weighted by Crippen LogP contribution is -2.25. The summed E-state index contributed by atoms with van der Waals surface area (Å²) in [7, 11) is 0. The normalized spacial score (nSPS) is 13.4. The maximum Gasteiger partial charge on any atom is 0.333 e. The zero-order chi connectivity index (χ0) is 20.7. The van der Waals surface area contributed by atoms with Crippen LogP contribution in [0.25, 0.3) is 5.69 Å². The molecule has 0 atom stereocenters. The number of rotatable bonds is 4. The minimum Gasteiger partial charge on any atom is -0.493 e. The van der Waals surface area contributed by atoms with Crippen molar-refractivity contribution in [2.45, 2.75) is 39.0 Å². The Kier molecular flexibility index (Phi) is 4.73. The largest absolute Gasteiger partial charge is 0.493 e.